The van der Waals surface area contributed by atoms with Crippen LogP contribution in [0.5, 0.6) is 0 Å². The van der Waals surface area contributed by atoms with Gasteiger partial charge in [0.2, 0.25) is 0 Å². The van der Waals surface area contributed by atoms with E-state index in [2.05, 4.69) is 15.5 Å². The van der Waals surface area contributed by atoms with E-state index in [4.69, 9.17) is 0 Å². The quantitative estimate of drug-likeness (QED) is 0.805. The molecule has 0 radical (unpaired) electrons. The van der Waals surface area contributed by atoms with Crippen LogP contribution in [0.1, 0.15) is 34.5 Å². The zero-order valence-corrected chi connectivity index (χ0v) is 10.7. The number of nitrogens with zero attached hydrogens (tertiary/aromatic N) is 2. The maximum absolute atomic E-state index is 4.30. The standard InChI is InChI=1S/C10H17N3S2/c1-11-6-2-5-9-12-13-10(15-9)8-4-3-7-14-8/h8,11H,2-7H2,1H3. The smallest absolute Gasteiger partial charge is 0.130 e. The van der Waals surface area contributed by atoms with Gasteiger partial charge in [0.25, 0.3) is 0 Å². The average molecular weight is 243 g/mol. The van der Waals surface area contributed by atoms with E-state index in [0.717, 1.165) is 19.4 Å². The van der Waals surface area contributed by atoms with Crippen LogP contribution in [0.25, 0.3) is 0 Å². The van der Waals surface area contributed by atoms with Gasteiger partial charge in [0.05, 0.1) is 5.25 Å². The second-order valence-corrected chi connectivity index (χ2v) is 6.15. The SMILES string of the molecule is CNCCCc1nnc(C2CCCS2)s1. The fourth-order valence-electron chi connectivity index (χ4n) is 1.69. The molecule has 15 heavy (non-hydrogen) atoms. The van der Waals surface area contributed by atoms with Gasteiger partial charge < -0.3 is 5.32 Å². The lowest BCUT2D eigenvalue weighted by Gasteiger charge is -2.00. The molecule has 1 aromatic rings. The maximum atomic E-state index is 4.30. The third kappa shape index (κ3) is 3.16. The highest BCUT2D eigenvalue weighted by Crippen LogP contribution is 2.40. The van der Waals surface area contributed by atoms with Crippen molar-refractivity contribution >= 4 is 23.1 Å². The molecule has 3 nitrogen and oxygen atoms in total. The predicted octanol–water partition coefficient (Wildman–Crippen LogP) is 2.26. The topological polar surface area (TPSA) is 37.8 Å². The molecule has 0 aromatic carbocycles. The molecule has 1 aliphatic heterocycles. The fourth-order valence-corrected chi connectivity index (χ4v) is 4.08. The maximum Gasteiger partial charge on any atom is 0.130 e. The second-order valence-electron chi connectivity index (χ2n) is 3.74. The summed E-state index contributed by atoms with van der Waals surface area (Å²) in [5.74, 6) is 1.29. The molecule has 1 saturated heterocycles. The molecular formula is C10H17N3S2. The molecule has 2 rings (SSSR count). The van der Waals surface area contributed by atoms with Crippen molar-refractivity contribution in [2.24, 2.45) is 0 Å². The highest BCUT2D eigenvalue weighted by atomic mass is 32.2. The van der Waals surface area contributed by atoms with Crippen molar-refractivity contribution in [3.63, 3.8) is 0 Å². The Morgan fingerprint density at radius 2 is 2.40 bits per heavy atom. The molecule has 84 valence electrons. The third-order valence-corrected chi connectivity index (χ3v) is 5.14. The summed E-state index contributed by atoms with van der Waals surface area (Å²) < 4.78 is 0. The van der Waals surface area contributed by atoms with Crippen molar-refractivity contribution in [2.75, 3.05) is 19.3 Å². The van der Waals surface area contributed by atoms with Crippen LogP contribution in [-0.2, 0) is 6.42 Å². The van der Waals surface area contributed by atoms with Crippen molar-refractivity contribution < 1.29 is 0 Å². The van der Waals surface area contributed by atoms with Gasteiger partial charge in [-0.25, -0.2) is 0 Å². The van der Waals surface area contributed by atoms with Crippen LogP contribution < -0.4 is 5.32 Å². The molecule has 1 unspecified atom stereocenters. The second kappa shape index (κ2) is 5.82. The summed E-state index contributed by atoms with van der Waals surface area (Å²) in [7, 11) is 1.99. The zero-order chi connectivity index (χ0) is 10.5. The van der Waals surface area contributed by atoms with E-state index >= 15 is 0 Å². The molecule has 1 N–H and O–H groups in total. The van der Waals surface area contributed by atoms with Gasteiger partial charge in [-0.2, -0.15) is 11.8 Å². The van der Waals surface area contributed by atoms with Crippen LogP contribution >= 0.6 is 23.1 Å². The van der Waals surface area contributed by atoms with Crippen molar-refractivity contribution in [3.8, 4) is 0 Å². The van der Waals surface area contributed by atoms with Gasteiger partial charge in [-0.3, -0.25) is 0 Å². The number of rotatable bonds is 5. The lowest BCUT2D eigenvalue weighted by Crippen LogP contribution is -2.08. The van der Waals surface area contributed by atoms with E-state index < -0.39 is 0 Å². The van der Waals surface area contributed by atoms with Crippen LogP contribution in [0, 0.1) is 0 Å². The van der Waals surface area contributed by atoms with E-state index in [0.29, 0.717) is 5.25 Å². The molecule has 0 aliphatic carbocycles. The monoisotopic (exact) mass is 243 g/mol. The first-order chi connectivity index (χ1) is 7.40. The van der Waals surface area contributed by atoms with Crippen LogP contribution in [0.3, 0.4) is 0 Å². The summed E-state index contributed by atoms with van der Waals surface area (Å²) in [4.78, 5) is 0. The molecule has 0 amide bonds. The highest BCUT2D eigenvalue weighted by Gasteiger charge is 2.21. The Kier molecular flexibility index (Phi) is 4.41. The molecule has 1 fully saturated rings. The van der Waals surface area contributed by atoms with Crippen LogP contribution in [0.2, 0.25) is 0 Å². The minimum absolute atomic E-state index is 0.639. The predicted molar refractivity (Wildman–Crippen MR) is 66.6 cm³/mol. The van der Waals surface area contributed by atoms with E-state index in [1.807, 2.05) is 30.1 Å². The van der Waals surface area contributed by atoms with Crippen LogP contribution in [0.4, 0.5) is 0 Å². The number of aryl methyl sites for hydroxylation is 1. The van der Waals surface area contributed by atoms with E-state index in [1.54, 1.807) is 0 Å². The van der Waals surface area contributed by atoms with Crippen molar-refractivity contribution in [1.82, 2.24) is 15.5 Å². The van der Waals surface area contributed by atoms with Gasteiger partial charge in [0, 0.05) is 6.42 Å². The fraction of sp³-hybridized carbons (Fsp3) is 0.800. The molecule has 1 atom stereocenters. The Bertz CT molecular complexity index is 295. The summed E-state index contributed by atoms with van der Waals surface area (Å²) in [6.45, 7) is 1.06. The summed E-state index contributed by atoms with van der Waals surface area (Å²) in [5, 5.41) is 14.8. The van der Waals surface area contributed by atoms with Gasteiger partial charge in [-0.1, -0.05) is 0 Å². The Morgan fingerprint density at radius 1 is 1.47 bits per heavy atom. The van der Waals surface area contributed by atoms with Crippen molar-refractivity contribution in [2.45, 2.75) is 30.9 Å². The van der Waals surface area contributed by atoms with Crippen molar-refractivity contribution in [1.29, 1.82) is 0 Å². The number of hydrogen-bond acceptors (Lipinski definition) is 5. The van der Waals surface area contributed by atoms with Crippen LogP contribution in [-0.4, -0.2) is 29.5 Å². The summed E-state index contributed by atoms with van der Waals surface area (Å²) in [6, 6.07) is 0. The number of nitrogens with one attached hydrogen (secondary N) is 1. The van der Waals surface area contributed by atoms with Gasteiger partial charge in [-0.15, -0.1) is 21.5 Å². The van der Waals surface area contributed by atoms with Gasteiger partial charge in [-0.05, 0) is 38.6 Å². The summed E-state index contributed by atoms with van der Waals surface area (Å²) >= 11 is 3.84. The molecule has 1 aromatic heterocycles. The first-order valence-electron chi connectivity index (χ1n) is 5.48. The molecule has 1 aliphatic rings. The van der Waals surface area contributed by atoms with E-state index in [-0.39, 0.29) is 0 Å². The Labute approximate surface area is 99.1 Å². The van der Waals surface area contributed by atoms with Gasteiger partial charge in [0.15, 0.2) is 0 Å². The Morgan fingerprint density at radius 3 is 3.13 bits per heavy atom. The van der Waals surface area contributed by atoms with Crippen LogP contribution in [0.15, 0.2) is 0 Å². The summed E-state index contributed by atoms with van der Waals surface area (Å²) in [6.07, 6.45) is 4.85. The lowest BCUT2D eigenvalue weighted by molar-refractivity contribution is 0.716. The lowest BCUT2D eigenvalue weighted by atomic mass is 10.3. The molecule has 5 heteroatoms. The highest BCUT2D eigenvalue weighted by molar-refractivity contribution is 7.99. The molecule has 0 saturated carbocycles. The van der Waals surface area contributed by atoms with Crippen molar-refractivity contribution in [3.05, 3.63) is 10.0 Å². The number of hydrogen-bond donors (Lipinski definition) is 1. The largest absolute Gasteiger partial charge is 0.320 e. The number of aromatic nitrogens is 2. The molecule has 2 heterocycles. The zero-order valence-electron chi connectivity index (χ0n) is 9.03. The Balaban J connectivity index is 1.86. The Hall–Kier alpha value is -0.130. The average Bonchev–Trinajstić information content (AvgIpc) is 2.87. The molecular weight excluding hydrogens is 226 g/mol. The summed E-state index contributed by atoms with van der Waals surface area (Å²) in [5.41, 5.74) is 0. The first kappa shape index (κ1) is 11.4. The van der Waals surface area contributed by atoms with E-state index in [1.165, 1.54) is 28.6 Å². The van der Waals surface area contributed by atoms with E-state index in [9.17, 15) is 0 Å². The van der Waals surface area contributed by atoms with Gasteiger partial charge >= 0.3 is 0 Å². The first-order valence-corrected chi connectivity index (χ1v) is 7.35. The minimum Gasteiger partial charge on any atom is -0.320 e. The third-order valence-electron chi connectivity index (χ3n) is 2.51. The molecule has 0 spiro atoms. The normalized spacial score (nSPS) is 21.0. The van der Waals surface area contributed by atoms with Gasteiger partial charge in [0.1, 0.15) is 10.0 Å². The minimum atomic E-state index is 0.639. The number of thioether (sulfide) groups is 1. The molecule has 0 bridgehead atoms.